The van der Waals surface area contributed by atoms with Gasteiger partial charge in [0.1, 0.15) is 5.82 Å². The summed E-state index contributed by atoms with van der Waals surface area (Å²) in [6.07, 6.45) is 0.881. The van der Waals surface area contributed by atoms with E-state index in [9.17, 15) is 9.18 Å². The number of carbonyl (C=O) groups excluding carboxylic acids is 1. The van der Waals surface area contributed by atoms with Crippen LogP contribution in [0.3, 0.4) is 0 Å². The Morgan fingerprint density at radius 3 is 2.67 bits per heavy atom. The highest BCUT2D eigenvalue weighted by molar-refractivity contribution is 7.80. The maximum Gasteiger partial charge on any atom is 0.260 e. The van der Waals surface area contributed by atoms with Gasteiger partial charge in [0.15, 0.2) is 5.11 Å². The fourth-order valence-electron chi connectivity index (χ4n) is 2.43. The molecule has 2 aromatic carbocycles. The molecule has 1 aliphatic rings. The molecule has 0 radical (unpaired) electrons. The minimum Gasteiger partial charge on any atom is -0.318 e. The van der Waals surface area contributed by atoms with Gasteiger partial charge in [0.2, 0.25) is 0 Å². The zero-order chi connectivity index (χ0) is 14.8. The Kier molecular flexibility index (Phi) is 3.66. The predicted molar refractivity (Wildman–Crippen MR) is 84.0 cm³/mol. The van der Waals surface area contributed by atoms with Crippen molar-refractivity contribution >= 4 is 28.9 Å². The molecule has 0 aliphatic carbocycles. The number of anilines is 1. The minimum atomic E-state index is -0.556. The molecule has 5 heteroatoms. The van der Waals surface area contributed by atoms with Crippen molar-refractivity contribution in [1.29, 1.82) is 0 Å². The maximum absolute atomic E-state index is 13.6. The first-order valence-electron chi connectivity index (χ1n) is 6.62. The summed E-state index contributed by atoms with van der Waals surface area (Å²) in [5.41, 5.74) is 2.18. The summed E-state index contributed by atoms with van der Waals surface area (Å²) in [5.74, 6) is -1.08. The van der Waals surface area contributed by atoms with Gasteiger partial charge in [0, 0.05) is 12.2 Å². The largest absolute Gasteiger partial charge is 0.318 e. The molecule has 0 saturated carbocycles. The highest BCUT2D eigenvalue weighted by atomic mass is 32.1. The summed E-state index contributed by atoms with van der Waals surface area (Å²) in [7, 11) is 0. The molecule has 1 amide bonds. The first-order valence-corrected chi connectivity index (χ1v) is 7.03. The first-order chi connectivity index (χ1) is 10.2. The van der Waals surface area contributed by atoms with Crippen LogP contribution in [0.25, 0.3) is 0 Å². The Bertz CT molecular complexity index is 717. The predicted octanol–water partition coefficient (Wildman–Crippen LogP) is 2.90. The summed E-state index contributed by atoms with van der Waals surface area (Å²) in [5, 5.41) is 2.90. The number of rotatable bonds is 1. The second-order valence-electron chi connectivity index (χ2n) is 4.77. The molecule has 21 heavy (non-hydrogen) atoms. The zero-order valence-electron chi connectivity index (χ0n) is 11.2. The highest BCUT2D eigenvalue weighted by Gasteiger charge is 2.23. The van der Waals surface area contributed by atoms with E-state index < -0.39 is 11.7 Å². The van der Waals surface area contributed by atoms with Crippen molar-refractivity contribution in [2.24, 2.45) is 0 Å². The number of thiocarbonyl (C=S) groups is 1. The number of halogens is 1. The molecule has 2 aromatic rings. The third-order valence-corrected chi connectivity index (χ3v) is 3.79. The van der Waals surface area contributed by atoms with Crippen molar-refractivity contribution in [3.8, 4) is 0 Å². The second kappa shape index (κ2) is 5.61. The van der Waals surface area contributed by atoms with Crippen molar-refractivity contribution in [2.75, 3.05) is 11.4 Å². The van der Waals surface area contributed by atoms with Gasteiger partial charge in [0.25, 0.3) is 5.91 Å². The average Bonchev–Trinajstić information content (AvgIpc) is 2.91. The number of benzene rings is 2. The summed E-state index contributed by atoms with van der Waals surface area (Å²) < 4.78 is 13.6. The number of amides is 1. The van der Waals surface area contributed by atoms with Crippen LogP contribution in [0.1, 0.15) is 15.9 Å². The smallest absolute Gasteiger partial charge is 0.260 e. The molecule has 1 aliphatic heterocycles. The van der Waals surface area contributed by atoms with Crippen LogP contribution in [0.4, 0.5) is 10.1 Å². The van der Waals surface area contributed by atoms with Crippen molar-refractivity contribution in [3.05, 3.63) is 65.5 Å². The SMILES string of the molecule is O=C(NC(=S)N1CCc2ccccc21)c1ccccc1F. The van der Waals surface area contributed by atoms with E-state index in [2.05, 4.69) is 5.32 Å². The van der Waals surface area contributed by atoms with Gasteiger partial charge in [-0.3, -0.25) is 10.1 Å². The van der Waals surface area contributed by atoms with Gasteiger partial charge in [-0.2, -0.15) is 0 Å². The van der Waals surface area contributed by atoms with Crippen LogP contribution in [0.15, 0.2) is 48.5 Å². The maximum atomic E-state index is 13.6. The van der Waals surface area contributed by atoms with Crippen LogP contribution in [-0.2, 0) is 6.42 Å². The van der Waals surface area contributed by atoms with E-state index in [1.54, 1.807) is 12.1 Å². The number of fused-ring (bicyclic) bond motifs is 1. The molecule has 3 rings (SSSR count). The Morgan fingerprint density at radius 1 is 1.14 bits per heavy atom. The Labute approximate surface area is 127 Å². The second-order valence-corrected chi connectivity index (χ2v) is 5.16. The number of para-hydroxylation sites is 1. The van der Waals surface area contributed by atoms with Crippen molar-refractivity contribution < 1.29 is 9.18 Å². The monoisotopic (exact) mass is 300 g/mol. The van der Waals surface area contributed by atoms with Crippen LogP contribution in [0, 0.1) is 5.82 Å². The summed E-state index contributed by atoms with van der Waals surface area (Å²) in [4.78, 5) is 13.9. The van der Waals surface area contributed by atoms with E-state index in [1.807, 2.05) is 29.2 Å². The Hall–Kier alpha value is -2.27. The van der Waals surface area contributed by atoms with Gasteiger partial charge < -0.3 is 4.90 Å². The van der Waals surface area contributed by atoms with Gasteiger partial charge in [0.05, 0.1) is 5.56 Å². The molecular weight excluding hydrogens is 287 g/mol. The van der Waals surface area contributed by atoms with Crippen LogP contribution in [0.2, 0.25) is 0 Å². The molecule has 0 spiro atoms. The summed E-state index contributed by atoms with van der Waals surface area (Å²) in [6, 6.07) is 13.8. The van der Waals surface area contributed by atoms with Crippen LogP contribution in [-0.4, -0.2) is 17.6 Å². The van der Waals surface area contributed by atoms with E-state index in [4.69, 9.17) is 12.2 Å². The fourth-order valence-corrected chi connectivity index (χ4v) is 2.71. The lowest BCUT2D eigenvalue weighted by molar-refractivity contribution is 0.0973. The molecule has 106 valence electrons. The van der Waals surface area contributed by atoms with Gasteiger partial charge in [-0.05, 0) is 42.4 Å². The lowest BCUT2D eigenvalue weighted by Crippen LogP contribution is -2.42. The topological polar surface area (TPSA) is 32.3 Å². The van der Waals surface area contributed by atoms with E-state index >= 15 is 0 Å². The first kappa shape index (κ1) is 13.7. The zero-order valence-corrected chi connectivity index (χ0v) is 12.0. The fraction of sp³-hybridized carbons (Fsp3) is 0.125. The van der Waals surface area contributed by atoms with Gasteiger partial charge in [-0.15, -0.1) is 0 Å². The van der Waals surface area contributed by atoms with Gasteiger partial charge in [-0.25, -0.2) is 4.39 Å². The molecule has 0 atom stereocenters. The molecule has 0 aromatic heterocycles. The van der Waals surface area contributed by atoms with Crippen molar-refractivity contribution in [2.45, 2.75) is 6.42 Å². The molecule has 0 saturated heterocycles. The molecule has 0 fully saturated rings. The summed E-state index contributed by atoms with van der Waals surface area (Å²) >= 11 is 5.28. The van der Waals surface area contributed by atoms with Crippen LogP contribution in [0.5, 0.6) is 0 Å². The highest BCUT2D eigenvalue weighted by Crippen LogP contribution is 2.27. The Balaban J connectivity index is 1.76. The van der Waals surface area contributed by atoms with Gasteiger partial charge >= 0.3 is 0 Å². The minimum absolute atomic E-state index is 0.00710. The van der Waals surface area contributed by atoms with E-state index in [-0.39, 0.29) is 5.56 Å². The molecule has 1 N–H and O–H groups in total. The number of nitrogens with one attached hydrogen (secondary N) is 1. The third-order valence-electron chi connectivity index (χ3n) is 3.47. The Morgan fingerprint density at radius 2 is 1.86 bits per heavy atom. The lowest BCUT2D eigenvalue weighted by Gasteiger charge is -2.20. The van der Waals surface area contributed by atoms with Crippen LogP contribution >= 0.6 is 12.2 Å². The average molecular weight is 300 g/mol. The quantitative estimate of drug-likeness (QED) is 0.822. The van der Waals surface area contributed by atoms with Crippen LogP contribution < -0.4 is 10.2 Å². The van der Waals surface area contributed by atoms with E-state index in [1.165, 1.54) is 17.7 Å². The number of carbonyl (C=O) groups is 1. The van der Waals surface area contributed by atoms with E-state index in [0.29, 0.717) is 5.11 Å². The molecular formula is C16H13FN2OS. The molecule has 1 heterocycles. The molecule has 0 unspecified atom stereocenters. The van der Waals surface area contributed by atoms with Crippen molar-refractivity contribution in [1.82, 2.24) is 5.32 Å². The molecule has 3 nitrogen and oxygen atoms in total. The summed E-state index contributed by atoms with van der Waals surface area (Å²) in [6.45, 7) is 0.718. The number of hydrogen-bond donors (Lipinski definition) is 1. The van der Waals surface area contributed by atoms with Gasteiger partial charge in [-0.1, -0.05) is 30.3 Å². The van der Waals surface area contributed by atoms with Crippen molar-refractivity contribution in [3.63, 3.8) is 0 Å². The number of nitrogens with zero attached hydrogens (tertiary/aromatic N) is 1. The van der Waals surface area contributed by atoms with E-state index in [0.717, 1.165) is 18.7 Å². The lowest BCUT2D eigenvalue weighted by atomic mass is 10.2. The molecule has 0 bridgehead atoms. The third kappa shape index (κ3) is 2.64. The standard InChI is InChI=1S/C16H13FN2OS/c17-13-7-3-2-6-12(13)15(20)18-16(21)19-10-9-11-5-1-4-8-14(11)19/h1-8H,9-10H2,(H,18,20,21). The normalized spacial score (nSPS) is 12.9. The number of hydrogen-bond acceptors (Lipinski definition) is 2.